The first-order chi connectivity index (χ1) is 23.0. The molecule has 1 N–H and O–H groups in total. The fourth-order valence-electron chi connectivity index (χ4n) is 7.90. The standard InChI is InChI=1S/C36H39BrFN5O4Si/c1-23-34(48(2,3)38)32(15-17-41-21-30(39-40-41)28(22-44)25-7-5-4-6-8-25)47-36(23)29-19-26(37)11-14-31(29)43(35(36)46)20-24-9-12-27(13-10-24)42-18-16-33(42)45/h4-14,19,21,23,28,32,34,44H,15-18,20,22H2,1-3H3/t23-,28?,32+,34-,36+/m0/s1. The number of fused-ring (bicyclic) bond motifs is 2. The quantitative estimate of drug-likeness (QED) is 0.117. The highest BCUT2D eigenvalue weighted by Gasteiger charge is 2.66. The summed E-state index contributed by atoms with van der Waals surface area (Å²) in [6.07, 6.45) is 2.32. The highest BCUT2D eigenvalue weighted by atomic mass is 79.9. The SMILES string of the molecule is C[C@H]1[C@H]([Si](C)(C)F)[C@@H](CCn2cc(C(CO)c3ccccc3)nn2)O[C@]12C(=O)N(Cc1ccc(N3CCC3=O)cc1)c1ccc(Br)cc12. The van der Waals surface area contributed by atoms with Crippen LogP contribution in [-0.4, -0.2) is 59.6 Å². The van der Waals surface area contributed by atoms with Crippen molar-refractivity contribution in [2.75, 3.05) is 23.0 Å². The van der Waals surface area contributed by atoms with E-state index in [2.05, 4.69) is 26.2 Å². The molecule has 3 aromatic carbocycles. The number of hydrogen-bond donors (Lipinski definition) is 1. The lowest BCUT2D eigenvalue weighted by atomic mass is 9.82. The van der Waals surface area contributed by atoms with Gasteiger partial charge in [-0.3, -0.25) is 14.3 Å². The number of aromatic nitrogens is 3. The second kappa shape index (κ2) is 12.6. The second-order valence-corrected chi connectivity index (χ2v) is 18.3. The number of nitrogens with zero attached hydrogens (tertiary/aromatic N) is 5. The van der Waals surface area contributed by atoms with E-state index in [1.165, 1.54) is 0 Å². The summed E-state index contributed by atoms with van der Waals surface area (Å²) in [5.41, 5.74) is 3.10. The number of hydrogen-bond acceptors (Lipinski definition) is 6. The smallest absolute Gasteiger partial charge is 0.264 e. The Hall–Kier alpha value is -3.71. The number of carbonyl (C=O) groups is 2. The van der Waals surface area contributed by atoms with E-state index in [1.807, 2.05) is 85.9 Å². The highest BCUT2D eigenvalue weighted by Crippen LogP contribution is 2.60. The minimum absolute atomic E-state index is 0.103. The molecule has 48 heavy (non-hydrogen) atoms. The van der Waals surface area contributed by atoms with Crippen LogP contribution in [0.25, 0.3) is 0 Å². The Morgan fingerprint density at radius 2 is 1.85 bits per heavy atom. The topological polar surface area (TPSA) is 101 Å². The van der Waals surface area contributed by atoms with Gasteiger partial charge in [0.1, 0.15) is 0 Å². The molecule has 1 aromatic heterocycles. The van der Waals surface area contributed by atoms with Gasteiger partial charge in [-0.2, -0.15) is 0 Å². The molecule has 2 fully saturated rings. The number of aliphatic hydroxyl groups excluding tert-OH is 1. The van der Waals surface area contributed by atoms with E-state index < -0.39 is 31.6 Å². The zero-order valence-corrected chi connectivity index (χ0v) is 29.8. The second-order valence-electron chi connectivity index (χ2n) is 13.6. The van der Waals surface area contributed by atoms with Crippen molar-refractivity contribution in [1.82, 2.24) is 15.0 Å². The first-order valence-electron chi connectivity index (χ1n) is 16.4. The lowest BCUT2D eigenvalue weighted by Gasteiger charge is -2.31. The number of benzene rings is 3. The Morgan fingerprint density at radius 3 is 2.50 bits per heavy atom. The monoisotopic (exact) mass is 731 g/mol. The number of aliphatic hydroxyl groups is 1. The third kappa shape index (κ3) is 5.62. The van der Waals surface area contributed by atoms with Gasteiger partial charge in [0.25, 0.3) is 5.91 Å². The molecule has 5 atom stereocenters. The Bertz CT molecular complexity index is 1830. The van der Waals surface area contributed by atoms with Crippen LogP contribution in [0.2, 0.25) is 18.6 Å². The van der Waals surface area contributed by atoms with E-state index in [4.69, 9.17) is 4.74 Å². The molecule has 2 amide bonds. The molecule has 3 aliphatic rings. The number of ether oxygens (including phenoxy) is 1. The van der Waals surface area contributed by atoms with Crippen LogP contribution in [0.3, 0.4) is 0 Å². The van der Waals surface area contributed by atoms with E-state index >= 15 is 4.11 Å². The molecule has 4 aromatic rings. The summed E-state index contributed by atoms with van der Waals surface area (Å²) in [4.78, 5) is 30.1. The van der Waals surface area contributed by atoms with Crippen LogP contribution in [-0.2, 0) is 33.0 Å². The lowest BCUT2D eigenvalue weighted by Crippen LogP contribution is -2.45. The summed E-state index contributed by atoms with van der Waals surface area (Å²) >= 11 is 3.61. The molecule has 0 aliphatic carbocycles. The largest absolute Gasteiger partial charge is 0.395 e. The van der Waals surface area contributed by atoms with Gasteiger partial charge in [-0.05, 0) is 61.0 Å². The Kier molecular flexibility index (Phi) is 8.63. The summed E-state index contributed by atoms with van der Waals surface area (Å²) in [6.45, 7) is 6.72. The first-order valence-corrected chi connectivity index (χ1v) is 20.2. The average Bonchev–Trinajstić information content (AvgIpc) is 3.71. The van der Waals surface area contributed by atoms with Crippen molar-refractivity contribution in [2.24, 2.45) is 5.92 Å². The number of rotatable bonds is 10. The lowest BCUT2D eigenvalue weighted by molar-refractivity contribution is -0.146. The third-order valence-electron chi connectivity index (χ3n) is 10.3. The predicted molar refractivity (Wildman–Crippen MR) is 187 cm³/mol. The van der Waals surface area contributed by atoms with Crippen molar-refractivity contribution in [3.63, 3.8) is 0 Å². The highest BCUT2D eigenvalue weighted by molar-refractivity contribution is 9.10. The van der Waals surface area contributed by atoms with Crippen molar-refractivity contribution in [3.8, 4) is 0 Å². The van der Waals surface area contributed by atoms with Gasteiger partial charge in [-0.1, -0.05) is 70.5 Å². The number of amides is 2. The molecule has 9 nitrogen and oxygen atoms in total. The average molecular weight is 733 g/mol. The number of aryl methyl sites for hydroxylation is 1. The van der Waals surface area contributed by atoms with Crippen LogP contribution in [0.4, 0.5) is 15.5 Å². The van der Waals surface area contributed by atoms with Crippen LogP contribution in [0.5, 0.6) is 0 Å². The maximum absolute atomic E-state index is 16.3. The molecular formula is C36H39BrFN5O4Si. The fourth-order valence-corrected chi connectivity index (χ4v) is 10.8. The third-order valence-corrected chi connectivity index (χ3v) is 13.3. The van der Waals surface area contributed by atoms with Crippen LogP contribution in [0, 0.1) is 5.92 Å². The minimum atomic E-state index is -3.34. The molecule has 12 heteroatoms. The zero-order valence-electron chi connectivity index (χ0n) is 27.2. The van der Waals surface area contributed by atoms with Crippen molar-refractivity contribution in [1.29, 1.82) is 0 Å². The maximum Gasteiger partial charge on any atom is 0.264 e. The molecule has 1 spiro atoms. The summed E-state index contributed by atoms with van der Waals surface area (Å²) in [5, 5.41) is 18.8. The van der Waals surface area contributed by atoms with Gasteiger partial charge in [0, 0.05) is 52.9 Å². The van der Waals surface area contributed by atoms with E-state index in [9.17, 15) is 14.7 Å². The van der Waals surface area contributed by atoms with Crippen LogP contribution >= 0.6 is 15.9 Å². The number of halogens is 2. The molecule has 3 aliphatic heterocycles. The van der Waals surface area contributed by atoms with Gasteiger partial charge in [0.05, 0.1) is 36.6 Å². The molecule has 250 valence electrons. The number of carbonyl (C=O) groups excluding carboxylic acids is 2. The molecule has 4 heterocycles. The molecule has 0 bridgehead atoms. The van der Waals surface area contributed by atoms with E-state index in [0.717, 1.165) is 32.5 Å². The van der Waals surface area contributed by atoms with Crippen molar-refractivity contribution < 1.29 is 23.5 Å². The van der Waals surface area contributed by atoms with Gasteiger partial charge < -0.3 is 23.8 Å². The van der Waals surface area contributed by atoms with Crippen LogP contribution in [0.1, 0.15) is 48.1 Å². The molecule has 7 rings (SSSR count). The maximum atomic E-state index is 16.3. The minimum Gasteiger partial charge on any atom is -0.395 e. The molecule has 0 saturated carbocycles. The molecule has 2 saturated heterocycles. The van der Waals surface area contributed by atoms with Crippen LogP contribution in [0.15, 0.2) is 83.5 Å². The van der Waals surface area contributed by atoms with Gasteiger partial charge in [-0.25, -0.2) is 0 Å². The number of anilines is 2. The van der Waals surface area contributed by atoms with Gasteiger partial charge in [0.2, 0.25) is 14.3 Å². The Morgan fingerprint density at radius 1 is 1.10 bits per heavy atom. The number of β-lactam (4-membered cyclic amide) rings is 1. The van der Waals surface area contributed by atoms with E-state index in [-0.39, 0.29) is 24.3 Å². The summed E-state index contributed by atoms with van der Waals surface area (Å²) in [7, 11) is -3.34. The van der Waals surface area contributed by atoms with E-state index in [1.54, 1.807) is 27.6 Å². The van der Waals surface area contributed by atoms with Crippen molar-refractivity contribution in [3.05, 3.63) is 106 Å². The van der Waals surface area contributed by atoms with Gasteiger partial charge >= 0.3 is 0 Å². The normalized spacial score (nSPS) is 24.3. The molecular weight excluding hydrogens is 693 g/mol. The summed E-state index contributed by atoms with van der Waals surface area (Å²) < 4.78 is 25.8. The summed E-state index contributed by atoms with van der Waals surface area (Å²) in [5.74, 6) is -0.793. The van der Waals surface area contributed by atoms with E-state index in [0.29, 0.717) is 38.2 Å². The predicted octanol–water partition coefficient (Wildman–Crippen LogP) is 6.31. The Labute approximate surface area is 289 Å². The molecule has 0 radical (unpaired) electrons. The Balaban J connectivity index is 1.16. The first kappa shape index (κ1) is 32.8. The van der Waals surface area contributed by atoms with Crippen LogP contribution < -0.4 is 9.80 Å². The van der Waals surface area contributed by atoms with Crippen molar-refractivity contribution >= 4 is 47.5 Å². The van der Waals surface area contributed by atoms with Gasteiger partial charge in [-0.15, -0.1) is 5.10 Å². The molecule has 1 unspecified atom stereocenters. The van der Waals surface area contributed by atoms with Crippen molar-refractivity contribution in [2.45, 2.75) is 69.1 Å². The van der Waals surface area contributed by atoms with Gasteiger partial charge in [0.15, 0.2) is 5.60 Å². The zero-order chi connectivity index (χ0) is 33.8. The summed E-state index contributed by atoms with van der Waals surface area (Å²) in [6, 6.07) is 23.2. The fraction of sp³-hybridized carbons (Fsp3) is 0.389.